The molecule has 0 radical (unpaired) electrons. The fourth-order valence-corrected chi connectivity index (χ4v) is 2.67. The molecule has 0 amide bonds. The van der Waals surface area contributed by atoms with Gasteiger partial charge in [-0.3, -0.25) is 4.68 Å². The molecule has 3 rings (SSSR count). The second-order valence-electron chi connectivity index (χ2n) is 7.16. The average Bonchev–Trinajstić information content (AvgIpc) is 3.06. The van der Waals surface area contributed by atoms with E-state index in [-0.39, 0.29) is 42.0 Å². The van der Waals surface area contributed by atoms with E-state index in [4.69, 9.17) is 29.0 Å². The Morgan fingerprint density at radius 2 is 1.93 bits per heavy atom. The fourth-order valence-electron chi connectivity index (χ4n) is 2.67. The molecule has 28 heavy (non-hydrogen) atoms. The Hall–Kier alpha value is -2.72. The fraction of sp³-hybridized carbons (Fsp3) is 0.444. The van der Waals surface area contributed by atoms with Crippen LogP contribution in [0.2, 0.25) is 0 Å². The molecule has 0 unspecified atom stereocenters. The maximum Gasteiger partial charge on any atom is 0.491 e. The SMILES string of the molecule is CC(C)n1cc(COc2ccc(OCB(O)O)c3c2C(=O)OC(C)(C)O3)cn1. The molecule has 9 nitrogen and oxygen atoms in total. The average molecular weight is 390 g/mol. The highest BCUT2D eigenvalue weighted by atomic mass is 16.7. The second kappa shape index (κ2) is 7.73. The maximum absolute atomic E-state index is 12.6. The van der Waals surface area contributed by atoms with Crippen molar-refractivity contribution in [2.24, 2.45) is 0 Å². The van der Waals surface area contributed by atoms with Crippen LogP contribution in [0.4, 0.5) is 0 Å². The highest BCUT2D eigenvalue weighted by molar-refractivity contribution is 6.40. The lowest BCUT2D eigenvalue weighted by atomic mass is 9.95. The summed E-state index contributed by atoms with van der Waals surface area (Å²) in [6, 6.07) is 3.32. The zero-order valence-electron chi connectivity index (χ0n) is 16.2. The number of cyclic esters (lactones) is 1. The van der Waals surface area contributed by atoms with E-state index in [0.717, 1.165) is 5.56 Å². The highest BCUT2D eigenvalue weighted by Gasteiger charge is 2.38. The summed E-state index contributed by atoms with van der Waals surface area (Å²) in [5.74, 6) is -1.22. The van der Waals surface area contributed by atoms with Gasteiger partial charge in [-0.05, 0) is 26.0 Å². The number of nitrogens with zero attached hydrogens (tertiary/aromatic N) is 2. The smallest absolute Gasteiger partial charge is 0.491 e. The van der Waals surface area contributed by atoms with Crippen molar-refractivity contribution in [2.45, 2.75) is 46.1 Å². The molecule has 0 atom stereocenters. The zero-order valence-corrected chi connectivity index (χ0v) is 16.2. The lowest BCUT2D eigenvalue weighted by Gasteiger charge is -2.33. The Bertz CT molecular complexity index is 864. The van der Waals surface area contributed by atoms with E-state index in [2.05, 4.69) is 5.10 Å². The number of esters is 1. The van der Waals surface area contributed by atoms with Crippen LogP contribution in [-0.2, 0) is 11.3 Å². The van der Waals surface area contributed by atoms with Gasteiger partial charge in [0, 0.05) is 31.6 Å². The van der Waals surface area contributed by atoms with Crippen molar-refractivity contribution in [3.8, 4) is 17.2 Å². The van der Waals surface area contributed by atoms with Crippen LogP contribution in [0, 0.1) is 0 Å². The van der Waals surface area contributed by atoms with E-state index >= 15 is 0 Å². The molecule has 2 aromatic rings. The Balaban J connectivity index is 1.88. The minimum atomic E-state index is -1.66. The summed E-state index contributed by atoms with van der Waals surface area (Å²) in [5, 5.41) is 22.3. The van der Waals surface area contributed by atoms with Crippen LogP contribution in [-0.4, -0.2) is 45.2 Å². The summed E-state index contributed by atoms with van der Waals surface area (Å²) in [4.78, 5) is 12.6. The number of carbonyl (C=O) groups excluding carboxylic acids is 1. The third-order valence-electron chi connectivity index (χ3n) is 3.94. The number of aromatic nitrogens is 2. The molecule has 2 heterocycles. The molecule has 0 saturated heterocycles. The van der Waals surface area contributed by atoms with E-state index in [0.29, 0.717) is 0 Å². The molecule has 1 aromatic carbocycles. The second-order valence-corrected chi connectivity index (χ2v) is 7.16. The van der Waals surface area contributed by atoms with Gasteiger partial charge in [-0.15, -0.1) is 0 Å². The van der Waals surface area contributed by atoms with Crippen LogP contribution >= 0.6 is 0 Å². The number of rotatable bonds is 7. The van der Waals surface area contributed by atoms with Crippen LogP contribution in [0.25, 0.3) is 0 Å². The lowest BCUT2D eigenvalue weighted by Crippen LogP contribution is -2.39. The van der Waals surface area contributed by atoms with E-state index in [1.807, 2.05) is 24.7 Å². The summed E-state index contributed by atoms with van der Waals surface area (Å²) in [6.45, 7) is 7.04. The van der Waals surface area contributed by atoms with Gasteiger partial charge in [0.2, 0.25) is 5.79 Å². The Labute approximate surface area is 162 Å². The van der Waals surface area contributed by atoms with Crippen LogP contribution in [0.15, 0.2) is 24.5 Å². The predicted octanol–water partition coefficient (Wildman–Crippen LogP) is 1.72. The molecule has 10 heteroatoms. The molecule has 0 spiro atoms. The standard InChI is InChI=1S/C18H23BN2O7/c1-11(2)21-8-12(7-20-21)9-25-13-5-6-14(26-10-19(23)24)16-15(13)17(22)28-18(3,4)27-16/h5-8,11,23-24H,9-10H2,1-4H3. The number of benzene rings is 1. The molecule has 0 fully saturated rings. The first kappa shape index (κ1) is 20.0. The highest BCUT2D eigenvalue weighted by Crippen LogP contribution is 2.43. The summed E-state index contributed by atoms with van der Waals surface area (Å²) in [7, 11) is -1.66. The first-order valence-electron chi connectivity index (χ1n) is 8.90. The van der Waals surface area contributed by atoms with Crippen molar-refractivity contribution < 1.29 is 33.8 Å². The van der Waals surface area contributed by atoms with Crippen molar-refractivity contribution in [3.63, 3.8) is 0 Å². The number of fused-ring (bicyclic) bond motifs is 1. The Morgan fingerprint density at radius 1 is 1.21 bits per heavy atom. The molecule has 0 aliphatic carbocycles. The summed E-state index contributed by atoms with van der Waals surface area (Å²) in [6.07, 6.45) is 3.57. The minimum Gasteiger partial charge on any atom is -0.492 e. The molecular weight excluding hydrogens is 367 g/mol. The molecule has 2 N–H and O–H groups in total. The maximum atomic E-state index is 12.6. The molecule has 1 aliphatic rings. The Morgan fingerprint density at radius 3 is 2.57 bits per heavy atom. The summed E-state index contributed by atoms with van der Waals surface area (Å²) < 4.78 is 24.0. The van der Waals surface area contributed by atoms with Gasteiger partial charge in [0.1, 0.15) is 24.4 Å². The number of carbonyl (C=O) groups is 1. The molecule has 1 aromatic heterocycles. The third kappa shape index (κ3) is 4.40. The van der Waals surface area contributed by atoms with Crippen molar-refractivity contribution in [3.05, 3.63) is 35.7 Å². The third-order valence-corrected chi connectivity index (χ3v) is 3.94. The van der Waals surface area contributed by atoms with Gasteiger partial charge < -0.3 is 29.0 Å². The van der Waals surface area contributed by atoms with Crippen molar-refractivity contribution >= 4 is 13.1 Å². The van der Waals surface area contributed by atoms with E-state index in [1.165, 1.54) is 0 Å². The first-order chi connectivity index (χ1) is 13.2. The van der Waals surface area contributed by atoms with Gasteiger partial charge in [-0.1, -0.05) is 0 Å². The number of ether oxygens (including phenoxy) is 4. The van der Waals surface area contributed by atoms with Gasteiger partial charge in [-0.25, -0.2) is 4.79 Å². The monoisotopic (exact) mass is 390 g/mol. The predicted molar refractivity (Wildman–Crippen MR) is 99.2 cm³/mol. The van der Waals surface area contributed by atoms with Crippen LogP contribution in [0.3, 0.4) is 0 Å². The molecule has 1 aliphatic heterocycles. The summed E-state index contributed by atoms with van der Waals surface area (Å²) >= 11 is 0. The number of hydrogen-bond acceptors (Lipinski definition) is 8. The zero-order chi connectivity index (χ0) is 20.5. The van der Waals surface area contributed by atoms with Crippen LogP contribution in [0.5, 0.6) is 17.2 Å². The van der Waals surface area contributed by atoms with Gasteiger partial charge in [0.25, 0.3) is 0 Å². The van der Waals surface area contributed by atoms with Crippen LogP contribution < -0.4 is 14.2 Å². The number of hydrogen-bond donors (Lipinski definition) is 2. The summed E-state index contributed by atoms with van der Waals surface area (Å²) in [5.41, 5.74) is 0.928. The van der Waals surface area contributed by atoms with E-state index < -0.39 is 18.9 Å². The topological polar surface area (TPSA) is 112 Å². The van der Waals surface area contributed by atoms with Gasteiger partial charge in [0.15, 0.2) is 11.5 Å². The quantitative estimate of drug-likeness (QED) is 0.543. The van der Waals surface area contributed by atoms with Gasteiger partial charge in [-0.2, -0.15) is 5.10 Å². The molecular formula is C18H23BN2O7. The molecule has 0 saturated carbocycles. The Kier molecular flexibility index (Phi) is 5.53. The van der Waals surface area contributed by atoms with Crippen molar-refractivity contribution in [2.75, 3.05) is 6.51 Å². The normalized spacial score (nSPS) is 14.9. The van der Waals surface area contributed by atoms with E-state index in [1.54, 1.807) is 32.2 Å². The van der Waals surface area contributed by atoms with Gasteiger partial charge >= 0.3 is 13.1 Å². The lowest BCUT2D eigenvalue weighted by molar-refractivity contribution is -0.128. The molecule has 150 valence electrons. The van der Waals surface area contributed by atoms with Crippen molar-refractivity contribution in [1.82, 2.24) is 9.78 Å². The van der Waals surface area contributed by atoms with E-state index in [9.17, 15) is 4.79 Å². The van der Waals surface area contributed by atoms with Crippen LogP contribution in [0.1, 0.15) is 49.7 Å². The minimum absolute atomic E-state index is 0.0838. The largest absolute Gasteiger partial charge is 0.492 e. The van der Waals surface area contributed by atoms with Crippen molar-refractivity contribution in [1.29, 1.82) is 0 Å². The first-order valence-corrected chi connectivity index (χ1v) is 8.90. The van der Waals surface area contributed by atoms with Gasteiger partial charge in [0.05, 0.1) is 6.20 Å². The molecule has 0 bridgehead atoms.